The van der Waals surface area contributed by atoms with Crippen LogP contribution in [-0.4, -0.2) is 26.5 Å². The minimum atomic E-state index is -0.638. The second-order valence-electron chi connectivity index (χ2n) is 4.38. The van der Waals surface area contributed by atoms with Gasteiger partial charge in [0.2, 0.25) is 0 Å². The fourth-order valence-corrected chi connectivity index (χ4v) is 2.24. The smallest absolute Gasteiger partial charge is 0.497 e. The molecule has 0 amide bonds. The van der Waals surface area contributed by atoms with Crippen LogP contribution >= 0.6 is 0 Å². The number of hydrogen-bond donors (Lipinski definition) is 0. The molecule has 0 fully saturated rings. The molecule has 0 aliphatic heterocycles. The molecule has 0 bridgehead atoms. The maximum Gasteiger partial charge on any atom is 0.508 e. The molecule has 19 heavy (non-hydrogen) atoms. The Morgan fingerprint density at radius 3 is 2.89 bits per heavy atom. The van der Waals surface area contributed by atoms with Crippen LogP contribution in [0.1, 0.15) is 24.8 Å². The molecule has 0 heterocycles. The van der Waals surface area contributed by atoms with Crippen LogP contribution in [-0.2, 0) is 9.47 Å². The number of rotatable bonds is 3. The van der Waals surface area contributed by atoms with E-state index in [2.05, 4.69) is 10.8 Å². The van der Waals surface area contributed by atoms with E-state index in [1.165, 1.54) is 7.11 Å². The van der Waals surface area contributed by atoms with E-state index in [9.17, 15) is 4.79 Å². The maximum atomic E-state index is 11.3. The van der Waals surface area contributed by atoms with Crippen molar-refractivity contribution in [1.82, 2.24) is 0 Å². The van der Waals surface area contributed by atoms with Crippen LogP contribution in [0.4, 0.5) is 4.79 Å². The van der Waals surface area contributed by atoms with Crippen LogP contribution < -0.4 is 4.74 Å². The Morgan fingerprint density at radius 1 is 1.32 bits per heavy atom. The molecule has 1 aromatic rings. The molecular formula is C15H18O4. The second kappa shape index (κ2) is 6.27. The Kier molecular flexibility index (Phi) is 4.44. The number of allylic oxidation sites excluding steroid dienone is 1. The molecule has 0 saturated heterocycles. The molecule has 0 spiro atoms. The summed E-state index contributed by atoms with van der Waals surface area (Å²) in [4.78, 5) is 11.3. The third-order valence-corrected chi connectivity index (χ3v) is 3.19. The first-order valence-electron chi connectivity index (χ1n) is 6.33. The summed E-state index contributed by atoms with van der Waals surface area (Å²) in [5, 5.41) is 0. The predicted molar refractivity (Wildman–Crippen MR) is 72.1 cm³/mol. The number of hydrogen-bond acceptors (Lipinski definition) is 4. The SMILES string of the molecule is COC(=O)OC1CCCC=C1c1cccc(OC)c1. The Bertz CT molecular complexity index is 479. The van der Waals surface area contributed by atoms with Crippen LogP contribution in [0, 0.1) is 0 Å². The van der Waals surface area contributed by atoms with Gasteiger partial charge in [0.05, 0.1) is 14.2 Å². The van der Waals surface area contributed by atoms with Crippen molar-refractivity contribution in [3.05, 3.63) is 35.9 Å². The first kappa shape index (κ1) is 13.5. The first-order valence-corrected chi connectivity index (χ1v) is 6.33. The van der Waals surface area contributed by atoms with Gasteiger partial charge in [-0.15, -0.1) is 0 Å². The van der Waals surface area contributed by atoms with Gasteiger partial charge >= 0.3 is 6.16 Å². The van der Waals surface area contributed by atoms with E-state index in [1.807, 2.05) is 24.3 Å². The van der Waals surface area contributed by atoms with Crippen molar-refractivity contribution in [2.75, 3.05) is 14.2 Å². The van der Waals surface area contributed by atoms with Crippen molar-refractivity contribution in [2.24, 2.45) is 0 Å². The molecule has 2 rings (SSSR count). The molecule has 1 atom stereocenters. The van der Waals surface area contributed by atoms with Crippen LogP contribution in [0.2, 0.25) is 0 Å². The molecule has 1 aromatic carbocycles. The summed E-state index contributed by atoms with van der Waals surface area (Å²) in [6, 6.07) is 7.76. The second-order valence-corrected chi connectivity index (χ2v) is 4.38. The molecular weight excluding hydrogens is 244 g/mol. The average Bonchev–Trinajstić information content (AvgIpc) is 2.47. The maximum absolute atomic E-state index is 11.3. The van der Waals surface area contributed by atoms with Gasteiger partial charge in [-0.05, 0) is 42.5 Å². The highest BCUT2D eigenvalue weighted by Gasteiger charge is 2.23. The molecule has 4 nitrogen and oxygen atoms in total. The Morgan fingerprint density at radius 2 is 2.16 bits per heavy atom. The van der Waals surface area contributed by atoms with Crippen LogP contribution in [0.15, 0.2) is 30.3 Å². The molecule has 1 aliphatic carbocycles. The molecule has 0 radical (unpaired) electrons. The van der Waals surface area contributed by atoms with Gasteiger partial charge in [0, 0.05) is 0 Å². The van der Waals surface area contributed by atoms with Gasteiger partial charge in [0.15, 0.2) is 0 Å². The quantitative estimate of drug-likeness (QED) is 0.783. The van der Waals surface area contributed by atoms with Gasteiger partial charge in [-0.2, -0.15) is 0 Å². The molecule has 1 unspecified atom stereocenters. The highest BCUT2D eigenvalue weighted by molar-refractivity contribution is 5.73. The lowest BCUT2D eigenvalue weighted by atomic mass is 9.91. The Labute approximate surface area is 113 Å². The standard InChI is InChI=1S/C15H18O4/c1-17-12-7-5-6-11(10-12)13-8-3-4-9-14(13)19-15(16)18-2/h5-8,10,14H,3-4,9H2,1-2H3. The Balaban J connectivity index is 2.23. The minimum Gasteiger partial charge on any atom is -0.497 e. The fraction of sp³-hybridized carbons (Fsp3) is 0.400. The summed E-state index contributed by atoms with van der Waals surface area (Å²) in [6.07, 6.45) is 4.06. The van der Waals surface area contributed by atoms with Crippen molar-refractivity contribution in [1.29, 1.82) is 0 Å². The van der Waals surface area contributed by atoms with Gasteiger partial charge in [-0.25, -0.2) is 4.79 Å². The van der Waals surface area contributed by atoms with Crippen molar-refractivity contribution >= 4 is 11.7 Å². The Hall–Kier alpha value is -1.97. The number of benzene rings is 1. The molecule has 4 heteroatoms. The van der Waals surface area contributed by atoms with Gasteiger partial charge in [-0.3, -0.25) is 0 Å². The van der Waals surface area contributed by atoms with E-state index < -0.39 is 6.16 Å². The van der Waals surface area contributed by atoms with Crippen LogP contribution in [0.3, 0.4) is 0 Å². The highest BCUT2D eigenvalue weighted by Crippen LogP contribution is 2.31. The third-order valence-electron chi connectivity index (χ3n) is 3.19. The number of carbonyl (C=O) groups excluding carboxylic acids is 1. The van der Waals surface area contributed by atoms with E-state index >= 15 is 0 Å². The van der Waals surface area contributed by atoms with E-state index in [0.29, 0.717) is 0 Å². The summed E-state index contributed by atoms with van der Waals surface area (Å²) in [6.45, 7) is 0. The lowest BCUT2D eigenvalue weighted by Gasteiger charge is -2.24. The summed E-state index contributed by atoms with van der Waals surface area (Å²) >= 11 is 0. The van der Waals surface area contributed by atoms with Gasteiger partial charge in [0.25, 0.3) is 0 Å². The first-order chi connectivity index (χ1) is 9.24. The molecule has 0 aromatic heterocycles. The van der Waals surface area contributed by atoms with Gasteiger partial charge < -0.3 is 14.2 Å². The van der Waals surface area contributed by atoms with E-state index in [1.54, 1.807) is 7.11 Å². The number of ether oxygens (including phenoxy) is 3. The fourth-order valence-electron chi connectivity index (χ4n) is 2.24. The van der Waals surface area contributed by atoms with Gasteiger partial charge in [-0.1, -0.05) is 18.2 Å². The van der Waals surface area contributed by atoms with Crippen LogP contribution in [0.25, 0.3) is 5.57 Å². The number of methoxy groups -OCH3 is 2. The van der Waals surface area contributed by atoms with Crippen molar-refractivity contribution < 1.29 is 19.0 Å². The highest BCUT2D eigenvalue weighted by atomic mass is 16.7. The zero-order chi connectivity index (χ0) is 13.7. The van der Waals surface area contributed by atoms with Gasteiger partial charge in [0.1, 0.15) is 11.9 Å². The van der Waals surface area contributed by atoms with Crippen molar-refractivity contribution in [3.8, 4) is 5.75 Å². The van der Waals surface area contributed by atoms with E-state index in [0.717, 1.165) is 36.1 Å². The normalized spacial score (nSPS) is 18.4. The zero-order valence-electron chi connectivity index (χ0n) is 11.2. The summed E-state index contributed by atoms with van der Waals surface area (Å²) in [5.41, 5.74) is 2.04. The lowest BCUT2D eigenvalue weighted by Crippen LogP contribution is -2.22. The summed E-state index contributed by atoms with van der Waals surface area (Å²) in [5.74, 6) is 0.792. The predicted octanol–water partition coefficient (Wildman–Crippen LogP) is 3.41. The number of carbonyl (C=O) groups is 1. The zero-order valence-corrected chi connectivity index (χ0v) is 11.2. The molecule has 0 N–H and O–H groups in total. The minimum absolute atomic E-state index is 0.242. The largest absolute Gasteiger partial charge is 0.508 e. The molecule has 102 valence electrons. The van der Waals surface area contributed by atoms with Crippen molar-refractivity contribution in [3.63, 3.8) is 0 Å². The third kappa shape index (κ3) is 3.28. The van der Waals surface area contributed by atoms with E-state index in [-0.39, 0.29) is 6.10 Å². The average molecular weight is 262 g/mol. The summed E-state index contributed by atoms with van der Waals surface area (Å²) < 4.78 is 15.1. The van der Waals surface area contributed by atoms with Crippen LogP contribution in [0.5, 0.6) is 5.75 Å². The van der Waals surface area contributed by atoms with E-state index in [4.69, 9.17) is 9.47 Å². The summed E-state index contributed by atoms with van der Waals surface area (Å²) in [7, 11) is 2.96. The van der Waals surface area contributed by atoms with Crippen molar-refractivity contribution in [2.45, 2.75) is 25.4 Å². The monoisotopic (exact) mass is 262 g/mol. The molecule has 1 aliphatic rings. The lowest BCUT2D eigenvalue weighted by molar-refractivity contribution is 0.0514. The molecule has 0 saturated carbocycles. The topological polar surface area (TPSA) is 44.8 Å².